The van der Waals surface area contributed by atoms with E-state index in [1.54, 1.807) is 44.5 Å². The van der Waals surface area contributed by atoms with Crippen LogP contribution in [0.15, 0.2) is 0 Å². The van der Waals surface area contributed by atoms with Crippen LogP contribution >= 0.6 is 48.8 Å². The van der Waals surface area contributed by atoms with E-state index in [0.717, 1.165) is 16.6 Å². The van der Waals surface area contributed by atoms with Gasteiger partial charge in [-0.25, -0.2) is 0 Å². The topological polar surface area (TPSA) is 116 Å². The molecule has 1 rings (SSSR count). The van der Waals surface area contributed by atoms with E-state index < -0.39 is 0 Å². The van der Waals surface area contributed by atoms with Crippen LogP contribution in [0.5, 0.6) is 0 Å². The van der Waals surface area contributed by atoms with Crippen LogP contribution < -0.4 is 21.3 Å². The standard InChI is InChI=1S/C10H18N2O2S2.C9H18N2O2S2.4CH4/c1-7(13)8-4-15-6-16-5-9(11-2)10(14)3-12-8;1-6(12)7(4-14)11-3-9(13)8(5-15)10-2;;;;/h8-9,11-12H,3-6H2,1-2H3;7-8,10-11,14-15H,3-5H2,1-2H3;4*1H4/t8-,9-;7-,8-;;;;/m00..../s1. The lowest BCUT2D eigenvalue weighted by Gasteiger charge is -2.20. The second-order valence-corrected chi connectivity index (χ2v) is 10.1. The SMILES string of the molecule is C.C.C.C.CN[C@@H](CS)C(=O)CN[C@@H](CS)C(C)=O.CN[C@H]1CSCSC[C@@H](C(C)=O)NCC1=O. The van der Waals surface area contributed by atoms with Gasteiger partial charge in [-0.15, -0.1) is 23.5 Å². The molecule has 4 N–H and O–H groups in total. The Morgan fingerprint density at radius 2 is 1.54 bits per heavy atom. The molecule has 0 aromatic rings. The number of Topliss-reactive ketones (excluding diaryl/α,β-unsaturated/α-hetero) is 4. The van der Waals surface area contributed by atoms with E-state index in [-0.39, 0.29) is 90.1 Å². The van der Waals surface area contributed by atoms with Gasteiger partial charge in [0.05, 0.1) is 37.3 Å². The second kappa shape index (κ2) is 27.0. The van der Waals surface area contributed by atoms with Crippen LogP contribution in [0.25, 0.3) is 0 Å². The van der Waals surface area contributed by atoms with Crippen molar-refractivity contribution in [2.24, 2.45) is 0 Å². The highest BCUT2D eigenvalue weighted by atomic mass is 32.2. The molecule has 8 nitrogen and oxygen atoms in total. The summed E-state index contributed by atoms with van der Waals surface area (Å²) >= 11 is 11.6. The maximum absolute atomic E-state index is 11.8. The predicted molar refractivity (Wildman–Crippen MR) is 165 cm³/mol. The third-order valence-electron chi connectivity index (χ3n) is 4.60. The fourth-order valence-electron chi connectivity index (χ4n) is 2.43. The zero-order chi connectivity index (χ0) is 23.8. The van der Waals surface area contributed by atoms with Crippen molar-refractivity contribution in [3.05, 3.63) is 0 Å². The van der Waals surface area contributed by atoms with Gasteiger partial charge in [-0.05, 0) is 27.9 Å². The van der Waals surface area contributed by atoms with Crippen molar-refractivity contribution in [2.75, 3.05) is 55.3 Å². The lowest BCUT2D eigenvalue weighted by atomic mass is 10.2. The van der Waals surface area contributed by atoms with Crippen LogP contribution in [0.2, 0.25) is 0 Å². The maximum Gasteiger partial charge on any atom is 0.164 e. The minimum Gasteiger partial charge on any atom is -0.310 e. The fourth-order valence-corrected chi connectivity index (χ4v) is 5.62. The van der Waals surface area contributed by atoms with E-state index in [9.17, 15) is 19.2 Å². The third-order valence-corrected chi connectivity index (χ3v) is 7.80. The van der Waals surface area contributed by atoms with Crippen molar-refractivity contribution in [1.82, 2.24) is 21.3 Å². The number of thioether (sulfide) groups is 2. The van der Waals surface area contributed by atoms with Gasteiger partial charge in [0.25, 0.3) is 0 Å². The minimum absolute atomic E-state index is 0. The summed E-state index contributed by atoms with van der Waals surface area (Å²) in [6, 6.07) is -0.919. The smallest absolute Gasteiger partial charge is 0.164 e. The molecule has 1 heterocycles. The summed E-state index contributed by atoms with van der Waals surface area (Å²) in [6.07, 6.45) is 0. The van der Waals surface area contributed by atoms with Gasteiger partial charge in [-0.1, -0.05) is 29.7 Å². The average Bonchev–Trinajstić information content (AvgIpc) is 2.74. The van der Waals surface area contributed by atoms with Gasteiger partial charge < -0.3 is 10.6 Å². The van der Waals surface area contributed by atoms with Gasteiger partial charge in [0.2, 0.25) is 0 Å². The van der Waals surface area contributed by atoms with Crippen molar-refractivity contribution in [1.29, 1.82) is 0 Å². The molecule has 0 aliphatic carbocycles. The first-order valence-electron chi connectivity index (χ1n) is 9.96. The molecule has 0 saturated carbocycles. The summed E-state index contributed by atoms with van der Waals surface area (Å²) in [5.74, 6) is 2.62. The van der Waals surface area contributed by atoms with E-state index in [4.69, 9.17) is 0 Å². The average molecular weight is 577 g/mol. The lowest BCUT2D eigenvalue weighted by Crippen LogP contribution is -2.47. The number of rotatable bonds is 10. The van der Waals surface area contributed by atoms with Crippen LogP contribution in [0, 0.1) is 0 Å². The summed E-state index contributed by atoms with van der Waals surface area (Å²) in [5, 5.41) is 12.7. The van der Waals surface area contributed by atoms with Crippen molar-refractivity contribution < 1.29 is 19.2 Å². The molecular weight excluding hydrogens is 525 g/mol. The summed E-state index contributed by atoms with van der Waals surface area (Å²) in [7, 11) is 3.50. The van der Waals surface area contributed by atoms with E-state index in [2.05, 4.69) is 46.5 Å². The highest BCUT2D eigenvalue weighted by Crippen LogP contribution is 2.16. The molecule has 1 aliphatic heterocycles. The number of carbonyl (C=O) groups excluding carboxylic acids is 4. The van der Waals surface area contributed by atoms with Gasteiger partial charge in [-0.2, -0.15) is 25.3 Å². The van der Waals surface area contributed by atoms with E-state index in [1.165, 1.54) is 6.92 Å². The first-order valence-corrected chi connectivity index (χ1v) is 13.5. The quantitative estimate of drug-likeness (QED) is 0.216. The molecule has 35 heavy (non-hydrogen) atoms. The Kier molecular flexibility index (Phi) is 34.6. The zero-order valence-corrected chi connectivity index (χ0v) is 22.0. The van der Waals surface area contributed by atoms with Crippen molar-refractivity contribution in [2.45, 2.75) is 67.7 Å². The molecule has 0 spiro atoms. The van der Waals surface area contributed by atoms with Crippen LogP contribution in [-0.2, 0) is 19.2 Å². The number of carbonyl (C=O) groups is 4. The van der Waals surface area contributed by atoms with E-state index >= 15 is 0 Å². The highest BCUT2D eigenvalue weighted by molar-refractivity contribution is 8.16. The number of likely N-dealkylation sites (N-methyl/N-ethyl adjacent to an activating group) is 2. The summed E-state index contributed by atoms with van der Waals surface area (Å²) in [5.41, 5.74) is 0. The summed E-state index contributed by atoms with van der Waals surface area (Å²) in [6.45, 7) is 3.48. The van der Waals surface area contributed by atoms with Gasteiger partial charge in [0.15, 0.2) is 11.6 Å². The molecule has 1 saturated heterocycles. The molecule has 0 unspecified atom stereocenters. The van der Waals surface area contributed by atoms with Gasteiger partial charge in [-0.3, -0.25) is 29.8 Å². The number of thiol groups is 2. The first kappa shape index (κ1) is 44.9. The lowest BCUT2D eigenvalue weighted by molar-refractivity contribution is -0.122. The Hall–Kier alpha value is -0.0800. The van der Waals surface area contributed by atoms with Gasteiger partial charge in [0.1, 0.15) is 11.6 Å². The largest absolute Gasteiger partial charge is 0.310 e. The minimum atomic E-state index is -0.352. The highest BCUT2D eigenvalue weighted by Gasteiger charge is 2.21. The van der Waals surface area contributed by atoms with E-state index in [0.29, 0.717) is 11.5 Å². The second-order valence-electron chi connectivity index (χ2n) is 6.93. The van der Waals surface area contributed by atoms with E-state index in [1.807, 2.05) is 0 Å². The molecule has 0 amide bonds. The molecule has 212 valence electrons. The molecule has 0 aromatic heterocycles. The number of nitrogens with one attached hydrogen (secondary N) is 4. The van der Waals surface area contributed by atoms with Gasteiger partial charge in [0, 0.05) is 28.1 Å². The Labute approximate surface area is 234 Å². The van der Waals surface area contributed by atoms with Gasteiger partial charge >= 0.3 is 0 Å². The Morgan fingerprint density at radius 3 is 1.97 bits per heavy atom. The van der Waals surface area contributed by atoms with Crippen LogP contribution in [0.3, 0.4) is 0 Å². The molecule has 1 fully saturated rings. The molecule has 0 bridgehead atoms. The molecule has 12 heteroatoms. The summed E-state index contributed by atoms with van der Waals surface area (Å²) < 4.78 is 0. The number of hydrogen-bond acceptors (Lipinski definition) is 12. The third kappa shape index (κ3) is 19.7. The Morgan fingerprint density at radius 1 is 1.00 bits per heavy atom. The molecule has 1 aliphatic rings. The maximum atomic E-state index is 11.8. The monoisotopic (exact) mass is 576 g/mol. The summed E-state index contributed by atoms with van der Waals surface area (Å²) in [4.78, 5) is 45.7. The van der Waals surface area contributed by atoms with Crippen LogP contribution in [0.4, 0.5) is 0 Å². The first-order chi connectivity index (χ1) is 14.7. The molecule has 4 atom stereocenters. The Balaban J connectivity index is -0.000000154. The number of ketones is 4. The van der Waals surface area contributed by atoms with Crippen LogP contribution in [-0.4, -0.2) is 103 Å². The van der Waals surface area contributed by atoms with Crippen LogP contribution in [0.1, 0.15) is 43.6 Å². The predicted octanol–water partition coefficient (Wildman–Crippen LogP) is 2.22. The molecule has 0 radical (unpaired) electrons. The van der Waals surface area contributed by atoms with Crippen molar-refractivity contribution in [3.8, 4) is 0 Å². The normalized spacial score (nSPS) is 19.4. The Bertz CT molecular complexity index is 582. The molecular formula is C23H52N4O4S4. The number of hydrogen-bond donors (Lipinski definition) is 6. The van der Waals surface area contributed by atoms with Crippen molar-refractivity contribution >= 4 is 71.9 Å². The molecule has 0 aromatic carbocycles. The zero-order valence-electron chi connectivity index (χ0n) is 18.6. The fraction of sp³-hybridized carbons (Fsp3) is 0.826. The van der Waals surface area contributed by atoms with Crippen molar-refractivity contribution in [3.63, 3.8) is 0 Å².